The molecule has 0 saturated heterocycles. The number of pyridine rings is 1. The van der Waals surface area contributed by atoms with Crippen LogP contribution in [0.4, 0.5) is 5.69 Å². The van der Waals surface area contributed by atoms with E-state index in [9.17, 15) is 10.1 Å². The molecule has 2 aromatic rings. The highest BCUT2D eigenvalue weighted by Crippen LogP contribution is 2.30. The molecule has 1 aromatic carbocycles. The van der Waals surface area contributed by atoms with Crippen LogP contribution in [0.3, 0.4) is 0 Å². The van der Waals surface area contributed by atoms with E-state index in [2.05, 4.69) is 4.98 Å². The van der Waals surface area contributed by atoms with Gasteiger partial charge in [-0.1, -0.05) is 11.6 Å². The Kier molecular flexibility index (Phi) is 3.20. The van der Waals surface area contributed by atoms with Crippen LogP contribution in [-0.2, 0) is 0 Å². The number of aromatic nitrogens is 1. The molecule has 1 heterocycles. The van der Waals surface area contributed by atoms with Gasteiger partial charge in [0.1, 0.15) is 11.9 Å². The second kappa shape index (κ2) is 4.80. The topological polar surface area (TPSA) is 65.3 Å². The largest absolute Gasteiger partial charge is 0.450 e. The molecule has 0 saturated carbocycles. The van der Waals surface area contributed by atoms with Crippen LogP contribution >= 0.6 is 11.6 Å². The lowest BCUT2D eigenvalue weighted by Crippen LogP contribution is -1.93. The summed E-state index contributed by atoms with van der Waals surface area (Å²) >= 11 is 5.72. The molecule has 0 aliphatic carbocycles. The second-order valence-electron chi connectivity index (χ2n) is 3.16. The van der Waals surface area contributed by atoms with E-state index in [1.54, 1.807) is 24.3 Å². The molecular weight excluding hydrogens is 244 g/mol. The molecule has 1 aromatic heterocycles. The molecule has 6 heteroatoms. The third-order valence-corrected chi connectivity index (χ3v) is 2.25. The molecule has 2 rings (SSSR count). The molecule has 0 aliphatic heterocycles. The number of benzene rings is 1. The number of nitro groups is 1. The highest BCUT2D eigenvalue weighted by molar-refractivity contribution is 6.30. The maximum Gasteiger partial charge on any atom is 0.329 e. The van der Waals surface area contributed by atoms with E-state index in [0.29, 0.717) is 10.8 Å². The van der Waals surface area contributed by atoms with Gasteiger partial charge in [-0.25, -0.2) is 0 Å². The molecular formula is C11H7ClN2O3. The first-order valence-corrected chi connectivity index (χ1v) is 5.06. The van der Waals surface area contributed by atoms with Crippen molar-refractivity contribution in [2.45, 2.75) is 0 Å². The summed E-state index contributed by atoms with van der Waals surface area (Å²) in [6, 6.07) is 7.99. The first-order chi connectivity index (χ1) is 8.16. The van der Waals surface area contributed by atoms with Gasteiger partial charge in [-0.15, -0.1) is 0 Å². The summed E-state index contributed by atoms with van der Waals surface area (Å²) in [5.74, 6) is 0.621. The first kappa shape index (κ1) is 11.3. The van der Waals surface area contributed by atoms with Gasteiger partial charge >= 0.3 is 5.69 Å². The first-order valence-electron chi connectivity index (χ1n) is 4.68. The summed E-state index contributed by atoms with van der Waals surface area (Å²) in [7, 11) is 0. The highest BCUT2D eigenvalue weighted by atomic mass is 35.5. The summed E-state index contributed by atoms with van der Waals surface area (Å²) in [6.45, 7) is 0. The van der Waals surface area contributed by atoms with Crippen molar-refractivity contribution in [2.24, 2.45) is 0 Å². The standard InChI is InChI=1S/C11H7ClN2O3/c12-8-1-3-9(4-2-8)17-11-5-6-13-7-10(11)14(15)16/h1-7H. The Hall–Kier alpha value is -2.14. The summed E-state index contributed by atoms with van der Waals surface area (Å²) in [4.78, 5) is 13.9. The molecule has 0 amide bonds. The lowest BCUT2D eigenvalue weighted by molar-refractivity contribution is -0.386. The minimum atomic E-state index is -0.543. The lowest BCUT2D eigenvalue weighted by atomic mass is 10.3. The quantitative estimate of drug-likeness (QED) is 0.618. The molecule has 5 nitrogen and oxygen atoms in total. The van der Waals surface area contributed by atoms with Crippen LogP contribution in [0.2, 0.25) is 5.02 Å². The van der Waals surface area contributed by atoms with E-state index >= 15 is 0 Å². The van der Waals surface area contributed by atoms with Crippen LogP contribution in [0.15, 0.2) is 42.7 Å². The normalized spacial score (nSPS) is 9.94. The van der Waals surface area contributed by atoms with Crippen LogP contribution in [0.25, 0.3) is 0 Å². The molecule has 0 spiro atoms. The van der Waals surface area contributed by atoms with Crippen molar-refractivity contribution in [1.29, 1.82) is 0 Å². The predicted octanol–water partition coefficient (Wildman–Crippen LogP) is 3.44. The van der Waals surface area contributed by atoms with Crippen molar-refractivity contribution < 1.29 is 9.66 Å². The van der Waals surface area contributed by atoms with Crippen molar-refractivity contribution in [3.63, 3.8) is 0 Å². The molecule has 86 valence electrons. The molecule has 17 heavy (non-hydrogen) atoms. The van der Waals surface area contributed by atoms with E-state index in [1.807, 2.05) is 0 Å². The highest BCUT2D eigenvalue weighted by Gasteiger charge is 2.15. The van der Waals surface area contributed by atoms with Gasteiger partial charge in [0, 0.05) is 17.3 Å². The Balaban J connectivity index is 2.30. The van der Waals surface area contributed by atoms with Gasteiger partial charge < -0.3 is 4.74 Å². The minimum absolute atomic E-state index is 0.146. The van der Waals surface area contributed by atoms with E-state index in [-0.39, 0.29) is 11.4 Å². The van der Waals surface area contributed by atoms with E-state index in [0.717, 1.165) is 6.20 Å². The fourth-order valence-corrected chi connectivity index (χ4v) is 1.35. The molecule has 0 fully saturated rings. The summed E-state index contributed by atoms with van der Waals surface area (Å²) in [6.07, 6.45) is 2.57. The smallest absolute Gasteiger partial charge is 0.329 e. The molecule has 0 radical (unpaired) electrons. The molecule has 0 unspecified atom stereocenters. The number of nitrogens with zero attached hydrogens (tertiary/aromatic N) is 2. The van der Waals surface area contributed by atoms with Crippen LogP contribution in [0.5, 0.6) is 11.5 Å². The summed E-state index contributed by atoms with van der Waals surface area (Å²) in [5, 5.41) is 11.3. The van der Waals surface area contributed by atoms with Gasteiger partial charge in [-0.2, -0.15) is 0 Å². The van der Waals surface area contributed by atoms with Gasteiger partial charge in [0.15, 0.2) is 0 Å². The number of hydrogen-bond acceptors (Lipinski definition) is 4. The number of halogens is 1. The summed E-state index contributed by atoms with van der Waals surface area (Å²) < 4.78 is 5.39. The Morgan fingerprint density at radius 2 is 1.94 bits per heavy atom. The van der Waals surface area contributed by atoms with Crippen molar-refractivity contribution in [3.05, 3.63) is 57.9 Å². The third-order valence-electron chi connectivity index (χ3n) is 2.00. The fraction of sp³-hybridized carbons (Fsp3) is 0. The predicted molar refractivity (Wildman–Crippen MR) is 62.4 cm³/mol. The Morgan fingerprint density at radius 1 is 1.24 bits per heavy atom. The van der Waals surface area contributed by atoms with Gasteiger partial charge in [-0.05, 0) is 24.3 Å². The maximum absolute atomic E-state index is 10.7. The zero-order chi connectivity index (χ0) is 12.3. The van der Waals surface area contributed by atoms with Gasteiger partial charge in [0.2, 0.25) is 5.75 Å². The van der Waals surface area contributed by atoms with E-state index in [4.69, 9.17) is 16.3 Å². The molecule has 0 atom stereocenters. The lowest BCUT2D eigenvalue weighted by Gasteiger charge is -2.05. The van der Waals surface area contributed by atoms with Crippen LogP contribution in [0.1, 0.15) is 0 Å². The average molecular weight is 251 g/mol. The number of rotatable bonds is 3. The molecule has 0 bridgehead atoms. The van der Waals surface area contributed by atoms with Crippen LogP contribution < -0.4 is 4.74 Å². The van der Waals surface area contributed by atoms with Crippen molar-refractivity contribution in [2.75, 3.05) is 0 Å². The molecule has 0 N–H and O–H groups in total. The molecule has 0 aliphatic rings. The Labute approximate surface area is 102 Å². The SMILES string of the molecule is O=[N+]([O-])c1cnccc1Oc1ccc(Cl)cc1. The average Bonchev–Trinajstić information content (AvgIpc) is 2.32. The van der Waals surface area contributed by atoms with Crippen molar-refractivity contribution >= 4 is 17.3 Å². The Bertz CT molecular complexity index is 543. The van der Waals surface area contributed by atoms with Crippen molar-refractivity contribution in [3.8, 4) is 11.5 Å². The minimum Gasteiger partial charge on any atom is -0.450 e. The number of hydrogen-bond donors (Lipinski definition) is 0. The fourth-order valence-electron chi connectivity index (χ4n) is 1.23. The zero-order valence-electron chi connectivity index (χ0n) is 8.54. The Morgan fingerprint density at radius 3 is 2.59 bits per heavy atom. The van der Waals surface area contributed by atoms with Crippen LogP contribution in [0, 0.1) is 10.1 Å². The van der Waals surface area contributed by atoms with E-state index < -0.39 is 4.92 Å². The van der Waals surface area contributed by atoms with Crippen LogP contribution in [-0.4, -0.2) is 9.91 Å². The monoisotopic (exact) mass is 250 g/mol. The second-order valence-corrected chi connectivity index (χ2v) is 3.59. The maximum atomic E-state index is 10.7. The van der Waals surface area contributed by atoms with Gasteiger partial charge in [0.05, 0.1) is 4.92 Å². The van der Waals surface area contributed by atoms with E-state index in [1.165, 1.54) is 12.3 Å². The van der Waals surface area contributed by atoms with Gasteiger partial charge in [-0.3, -0.25) is 15.1 Å². The number of ether oxygens (including phenoxy) is 1. The van der Waals surface area contributed by atoms with Crippen molar-refractivity contribution in [1.82, 2.24) is 4.98 Å². The zero-order valence-corrected chi connectivity index (χ0v) is 9.29. The van der Waals surface area contributed by atoms with Gasteiger partial charge in [0.25, 0.3) is 0 Å². The summed E-state index contributed by atoms with van der Waals surface area (Å²) in [5.41, 5.74) is -0.178. The third kappa shape index (κ3) is 2.70.